The molecule has 1 fully saturated rings. The molecule has 0 saturated heterocycles. The topological polar surface area (TPSA) is 12.0 Å². The number of benzene rings is 1. The molecule has 0 heterocycles. The molecule has 19 heavy (non-hydrogen) atoms. The number of nitrogens with one attached hydrogen (secondary N) is 1. The predicted octanol–water partition coefficient (Wildman–Crippen LogP) is 4.08. The Morgan fingerprint density at radius 3 is 2.63 bits per heavy atom. The largest absolute Gasteiger partial charge is 0.416 e. The van der Waals surface area contributed by atoms with Crippen LogP contribution >= 0.6 is 11.8 Å². The molecule has 106 valence electrons. The van der Waals surface area contributed by atoms with Crippen molar-refractivity contribution in [3.63, 3.8) is 0 Å². The van der Waals surface area contributed by atoms with Crippen molar-refractivity contribution in [1.29, 1.82) is 0 Å². The first-order valence-corrected chi connectivity index (χ1v) is 7.70. The van der Waals surface area contributed by atoms with E-state index < -0.39 is 11.7 Å². The highest BCUT2D eigenvalue weighted by Gasteiger charge is 2.33. The van der Waals surface area contributed by atoms with Gasteiger partial charge in [-0.05, 0) is 37.1 Å². The third kappa shape index (κ3) is 3.89. The van der Waals surface area contributed by atoms with Crippen molar-refractivity contribution >= 4 is 11.8 Å². The second kappa shape index (κ2) is 6.18. The minimum atomic E-state index is -4.27. The standard InChI is InChI=1S/C14H18F3NS/c1-19-12-7-6-11(8-12)18-9-10-4-2-3-5-13(10)14(15,16)17/h2-5,11-12,18H,6-9H2,1H3. The Hall–Kier alpha value is -0.680. The van der Waals surface area contributed by atoms with Crippen LogP contribution in [0.3, 0.4) is 0 Å². The van der Waals surface area contributed by atoms with Gasteiger partial charge in [-0.3, -0.25) is 0 Å². The molecular formula is C14H18F3NS. The molecule has 1 saturated carbocycles. The first-order valence-electron chi connectivity index (χ1n) is 6.42. The van der Waals surface area contributed by atoms with Gasteiger partial charge in [0.15, 0.2) is 0 Å². The minimum absolute atomic E-state index is 0.293. The normalized spacial score (nSPS) is 23.8. The van der Waals surface area contributed by atoms with Gasteiger partial charge >= 0.3 is 6.18 Å². The van der Waals surface area contributed by atoms with E-state index in [0.717, 1.165) is 25.3 Å². The van der Waals surface area contributed by atoms with Crippen molar-refractivity contribution in [2.45, 2.75) is 43.3 Å². The Labute approximate surface area is 116 Å². The van der Waals surface area contributed by atoms with Crippen molar-refractivity contribution in [3.05, 3.63) is 35.4 Å². The summed E-state index contributed by atoms with van der Waals surface area (Å²) >= 11 is 1.85. The Balaban J connectivity index is 1.97. The molecule has 1 aliphatic rings. The molecule has 1 aliphatic carbocycles. The lowest BCUT2D eigenvalue weighted by atomic mass is 10.1. The fourth-order valence-corrected chi connectivity index (χ4v) is 3.34. The lowest BCUT2D eigenvalue weighted by Gasteiger charge is -2.16. The molecule has 2 rings (SSSR count). The number of halogens is 3. The molecule has 0 aliphatic heterocycles. The van der Waals surface area contributed by atoms with Gasteiger partial charge in [0, 0.05) is 17.8 Å². The third-order valence-corrected chi connectivity index (χ3v) is 4.72. The molecule has 0 aromatic heterocycles. The summed E-state index contributed by atoms with van der Waals surface area (Å²) < 4.78 is 38.5. The maximum Gasteiger partial charge on any atom is 0.416 e. The van der Waals surface area contributed by atoms with E-state index in [9.17, 15) is 13.2 Å². The van der Waals surface area contributed by atoms with Gasteiger partial charge in [0.2, 0.25) is 0 Å². The number of thioether (sulfide) groups is 1. The van der Waals surface area contributed by atoms with E-state index in [0.29, 0.717) is 23.4 Å². The van der Waals surface area contributed by atoms with E-state index in [1.807, 2.05) is 11.8 Å². The summed E-state index contributed by atoms with van der Waals surface area (Å²) in [5.74, 6) is 0. The molecule has 0 radical (unpaired) electrons. The van der Waals surface area contributed by atoms with Gasteiger partial charge in [-0.15, -0.1) is 0 Å². The van der Waals surface area contributed by atoms with Crippen molar-refractivity contribution in [2.24, 2.45) is 0 Å². The van der Waals surface area contributed by atoms with E-state index in [1.165, 1.54) is 6.07 Å². The van der Waals surface area contributed by atoms with Crippen LogP contribution in [0.4, 0.5) is 13.2 Å². The molecule has 5 heteroatoms. The zero-order valence-electron chi connectivity index (χ0n) is 10.8. The van der Waals surface area contributed by atoms with Gasteiger partial charge in [-0.2, -0.15) is 24.9 Å². The van der Waals surface area contributed by atoms with Gasteiger partial charge in [0.05, 0.1) is 5.56 Å². The Bertz CT molecular complexity index is 419. The molecule has 1 N–H and O–H groups in total. The third-order valence-electron chi connectivity index (χ3n) is 3.62. The zero-order valence-corrected chi connectivity index (χ0v) is 11.7. The van der Waals surface area contributed by atoms with Gasteiger partial charge in [-0.1, -0.05) is 18.2 Å². The summed E-state index contributed by atoms with van der Waals surface area (Å²) in [4.78, 5) is 0. The van der Waals surface area contributed by atoms with Crippen LogP contribution in [-0.2, 0) is 12.7 Å². The van der Waals surface area contributed by atoms with Crippen molar-refractivity contribution < 1.29 is 13.2 Å². The highest BCUT2D eigenvalue weighted by molar-refractivity contribution is 7.99. The van der Waals surface area contributed by atoms with Crippen LogP contribution in [0.2, 0.25) is 0 Å². The summed E-state index contributed by atoms with van der Waals surface area (Å²) in [6.07, 6.45) is 1.08. The highest BCUT2D eigenvalue weighted by Crippen LogP contribution is 2.32. The average molecular weight is 289 g/mol. The fourth-order valence-electron chi connectivity index (χ4n) is 2.54. The van der Waals surface area contributed by atoms with Crippen LogP contribution in [0.25, 0.3) is 0 Å². The molecule has 2 atom stereocenters. The van der Waals surface area contributed by atoms with Crippen LogP contribution in [0.15, 0.2) is 24.3 Å². The van der Waals surface area contributed by atoms with E-state index in [4.69, 9.17) is 0 Å². The summed E-state index contributed by atoms with van der Waals surface area (Å²) in [5, 5.41) is 3.91. The van der Waals surface area contributed by atoms with Gasteiger partial charge in [0.1, 0.15) is 0 Å². The summed E-state index contributed by atoms with van der Waals surface area (Å²) in [6.45, 7) is 0.293. The monoisotopic (exact) mass is 289 g/mol. The van der Waals surface area contributed by atoms with Gasteiger partial charge in [-0.25, -0.2) is 0 Å². The van der Waals surface area contributed by atoms with E-state index in [2.05, 4.69) is 11.6 Å². The molecule has 1 aromatic carbocycles. The summed E-state index contributed by atoms with van der Waals surface area (Å²) in [6, 6.07) is 6.14. The lowest BCUT2D eigenvalue weighted by Crippen LogP contribution is -2.27. The molecule has 0 amide bonds. The number of hydrogen-bond acceptors (Lipinski definition) is 2. The molecule has 0 spiro atoms. The minimum Gasteiger partial charge on any atom is -0.310 e. The van der Waals surface area contributed by atoms with Crippen LogP contribution in [-0.4, -0.2) is 17.5 Å². The number of alkyl halides is 3. The second-order valence-electron chi connectivity index (χ2n) is 4.90. The molecular weight excluding hydrogens is 271 g/mol. The first-order chi connectivity index (χ1) is 9.00. The number of hydrogen-bond donors (Lipinski definition) is 1. The summed E-state index contributed by atoms with van der Waals surface area (Å²) in [7, 11) is 0. The van der Waals surface area contributed by atoms with Crippen LogP contribution < -0.4 is 5.32 Å². The molecule has 1 aromatic rings. The Morgan fingerprint density at radius 1 is 1.26 bits per heavy atom. The van der Waals surface area contributed by atoms with Crippen molar-refractivity contribution in [2.75, 3.05) is 6.26 Å². The lowest BCUT2D eigenvalue weighted by molar-refractivity contribution is -0.138. The molecule has 0 bridgehead atoms. The predicted molar refractivity (Wildman–Crippen MR) is 73.2 cm³/mol. The SMILES string of the molecule is CSC1CCC(NCc2ccccc2C(F)(F)F)C1. The Morgan fingerprint density at radius 2 is 2.00 bits per heavy atom. The Kier molecular flexibility index (Phi) is 4.79. The molecule has 2 unspecified atom stereocenters. The maximum atomic E-state index is 12.8. The smallest absolute Gasteiger partial charge is 0.310 e. The van der Waals surface area contributed by atoms with Crippen LogP contribution in [0, 0.1) is 0 Å². The van der Waals surface area contributed by atoms with E-state index >= 15 is 0 Å². The van der Waals surface area contributed by atoms with Gasteiger partial charge < -0.3 is 5.32 Å². The van der Waals surface area contributed by atoms with Crippen LogP contribution in [0.1, 0.15) is 30.4 Å². The van der Waals surface area contributed by atoms with Crippen molar-refractivity contribution in [3.8, 4) is 0 Å². The second-order valence-corrected chi connectivity index (χ2v) is 6.04. The quantitative estimate of drug-likeness (QED) is 0.896. The summed E-state index contributed by atoms with van der Waals surface area (Å²) in [5.41, 5.74) is -0.190. The van der Waals surface area contributed by atoms with Crippen molar-refractivity contribution in [1.82, 2.24) is 5.32 Å². The highest BCUT2D eigenvalue weighted by atomic mass is 32.2. The van der Waals surface area contributed by atoms with Crippen LogP contribution in [0.5, 0.6) is 0 Å². The first kappa shape index (κ1) is 14.7. The van der Waals surface area contributed by atoms with E-state index in [1.54, 1.807) is 12.1 Å². The fraction of sp³-hybridized carbons (Fsp3) is 0.571. The average Bonchev–Trinajstić information content (AvgIpc) is 2.83. The number of rotatable bonds is 4. The van der Waals surface area contributed by atoms with Gasteiger partial charge in [0.25, 0.3) is 0 Å². The maximum absolute atomic E-state index is 12.8. The van der Waals surface area contributed by atoms with E-state index in [-0.39, 0.29) is 0 Å². The molecule has 1 nitrogen and oxygen atoms in total. The zero-order chi connectivity index (χ0) is 13.9.